The lowest BCUT2D eigenvalue weighted by molar-refractivity contribution is 0.0697. The van der Waals surface area contributed by atoms with Crippen LogP contribution >= 0.6 is 0 Å². The molecule has 2 aromatic rings. The van der Waals surface area contributed by atoms with Crippen molar-refractivity contribution in [3.63, 3.8) is 0 Å². The van der Waals surface area contributed by atoms with Crippen LogP contribution in [0.3, 0.4) is 0 Å². The molecule has 0 aromatic heterocycles. The highest BCUT2D eigenvalue weighted by molar-refractivity contribution is 5.98. The van der Waals surface area contributed by atoms with Gasteiger partial charge in [-0.2, -0.15) is 0 Å². The molecule has 0 aliphatic carbocycles. The molecule has 0 saturated heterocycles. The molecule has 0 unspecified atom stereocenters. The molecule has 16 heavy (non-hydrogen) atoms. The van der Waals surface area contributed by atoms with E-state index in [1.165, 1.54) is 10.9 Å². The Balaban J connectivity index is 2.92. The third-order valence-electron chi connectivity index (χ3n) is 2.98. The third kappa shape index (κ3) is 1.56. The fraction of sp³-hybridized carbons (Fsp3) is 0.214. The average Bonchev–Trinajstić information content (AvgIpc) is 2.22. The number of benzene rings is 2. The van der Waals surface area contributed by atoms with E-state index in [1.807, 2.05) is 19.9 Å². The van der Waals surface area contributed by atoms with Gasteiger partial charge in [0.25, 0.3) is 0 Å². The summed E-state index contributed by atoms with van der Waals surface area (Å²) in [6, 6.07) is 7.60. The zero-order chi connectivity index (χ0) is 11.9. The van der Waals surface area contributed by atoms with Crippen molar-refractivity contribution in [1.29, 1.82) is 0 Å². The van der Waals surface area contributed by atoms with Crippen LogP contribution in [0.2, 0.25) is 0 Å². The van der Waals surface area contributed by atoms with Crippen molar-refractivity contribution >= 4 is 16.7 Å². The smallest absolute Gasteiger partial charge is 0.335 e. The van der Waals surface area contributed by atoms with Gasteiger partial charge in [0.2, 0.25) is 0 Å². The third-order valence-corrected chi connectivity index (χ3v) is 2.98. The van der Waals surface area contributed by atoms with Crippen molar-refractivity contribution in [3.05, 3.63) is 46.5 Å². The number of carbonyl (C=O) groups is 1. The van der Waals surface area contributed by atoms with E-state index < -0.39 is 5.97 Å². The van der Waals surface area contributed by atoms with Crippen molar-refractivity contribution in [2.75, 3.05) is 0 Å². The minimum Gasteiger partial charge on any atom is -0.478 e. The zero-order valence-electron chi connectivity index (χ0n) is 9.66. The van der Waals surface area contributed by atoms with Crippen LogP contribution in [-0.4, -0.2) is 11.1 Å². The van der Waals surface area contributed by atoms with Crippen LogP contribution in [0.4, 0.5) is 0 Å². The molecule has 0 spiro atoms. The Morgan fingerprint density at radius 1 is 1.00 bits per heavy atom. The summed E-state index contributed by atoms with van der Waals surface area (Å²) in [5.74, 6) is -0.870. The number of hydrogen-bond donors (Lipinski definition) is 1. The van der Waals surface area contributed by atoms with Crippen LogP contribution in [0.15, 0.2) is 24.3 Å². The van der Waals surface area contributed by atoms with E-state index in [0.717, 1.165) is 16.5 Å². The summed E-state index contributed by atoms with van der Waals surface area (Å²) in [5, 5.41) is 11.2. The number of fused-ring (bicyclic) bond motifs is 1. The van der Waals surface area contributed by atoms with Gasteiger partial charge in [-0.25, -0.2) is 4.79 Å². The Kier molecular flexibility index (Phi) is 2.43. The number of carboxylic acid groups (broad SMARTS) is 1. The van der Waals surface area contributed by atoms with Crippen molar-refractivity contribution < 1.29 is 9.90 Å². The molecule has 0 aliphatic heterocycles. The molecule has 1 N–H and O–H groups in total. The zero-order valence-corrected chi connectivity index (χ0v) is 9.66. The Hall–Kier alpha value is -1.83. The van der Waals surface area contributed by atoms with Gasteiger partial charge in [-0.05, 0) is 60.4 Å². The molecule has 2 aromatic carbocycles. The quantitative estimate of drug-likeness (QED) is 0.789. The average molecular weight is 214 g/mol. The molecule has 0 heterocycles. The molecule has 2 rings (SSSR count). The topological polar surface area (TPSA) is 37.3 Å². The second-order valence-corrected chi connectivity index (χ2v) is 4.22. The first kappa shape index (κ1) is 10.7. The fourth-order valence-corrected chi connectivity index (χ4v) is 2.17. The van der Waals surface area contributed by atoms with Gasteiger partial charge in [0.1, 0.15) is 0 Å². The number of aryl methyl sites for hydroxylation is 3. The van der Waals surface area contributed by atoms with Crippen molar-refractivity contribution in [2.45, 2.75) is 20.8 Å². The van der Waals surface area contributed by atoms with Crippen LogP contribution in [0, 0.1) is 20.8 Å². The number of aromatic carboxylic acids is 1. The molecule has 2 heteroatoms. The number of rotatable bonds is 1. The molecule has 0 saturated carbocycles. The highest BCUT2D eigenvalue weighted by Gasteiger charge is 2.09. The summed E-state index contributed by atoms with van der Waals surface area (Å²) in [4.78, 5) is 11.0. The van der Waals surface area contributed by atoms with E-state index in [4.69, 9.17) is 5.11 Å². The van der Waals surface area contributed by atoms with Crippen LogP contribution in [-0.2, 0) is 0 Å². The van der Waals surface area contributed by atoms with E-state index >= 15 is 0 Å². The minimum atomic E-state index is -0.870. The lowest BCUT2D eigenvalue weighted by Gasteiger charge is -2.10. The predicted molar refractivity (Wildman–Crippen MR) is 65.1 cm³/mol. The summed E-state index contributed by atoms with van der Waals surface area (Å²) in [5.41, 5.74) is 3.69. The summed E-state index contributed by atoms with van der Waals surface area (Å²) in [7, 11) is 0. The normalized spacial score (nSPS) is 10.7. The van der Waals surface area contributed by atoms with E-state index in [-0.39, 0.29) is 0 Å². The summed E-state index contributed by atoms with van der Waals surface area (Å²) >= 11 is 0. The fourth-order valence-electron chi connectivity index (χ4n) is 2.17. The maximum absolute atomic E-state index is 11.0. The standard InChI is InChI=1S/C14H14O2/c1-8-4-5-9(2)13-10(3)6-11(14(15)16)7-12(8)13/h4-7H,1-3H3,(H,15,16). The molecule has 0 atom stereocenters. The molecule has 82 valence electrons. The van der Waals surface area contributed by atoms with Crippen molar-refractivity contribution in [2.24, 2.45) is 0 Å². The Bertz CT molecular complexity index is 583. The largest absolute Gasteiger partial charge is 0.478 e. The monoisotopic (exact) mass is 214 g/mol. The molecule has 2 nitrogen and oxygen atoms in total. The van der Waals surface area contributed by atoms with E-state index in [2.05, 4.69) is 13.0 Å². The van der Waals surface area contributed by atoms with Gasteiger partial charge in [0, 0.05) is 0 Å². The molecule has 0 radical (unpaired) electrons. The lowest BCUT2D eigenvalue weighted by atomic mass is 9.95. The van der Waals surface area contributed by atoms with Gasteiger partial charge >= 0.3 is 5.97 Å². The van der Waals surface area contributed by atoms with Crippen LogP contribution in [0.5, 0.6) is 0 Å². The van der Waals surface area contributed by atoms with Gasteiger partial charge in [-0.15, -0.1) is 0 Å². The van der Waals surface area contributed by atoms with Crippen molar-refractivity contribution in [1.82, 2.24) is 0 Å². The summed E-state index contributed by atoms with van der Waals surface area (Å²) in [6.07, 6.45) is 0. The van der Waals surface area contributed by atoms with E-state index in [1.54, 1.807) is 12.1 Å². The SMILES string of the molecule is Cc1ccc(C)c2c(C)cc(C(=O)O)cc12. The first-order valence-electron chi connectivity index (χ1n) is 5.24. The van der Waals surface area contributed by atoms with Gasteiger partial charge in [0.15, 0.2) is 0 Å². The highest BCUT2D eigenvalue weighted by Crippen LogP contribution is 2.26. The van der Waals surface area contributed by atoms with Gasteiger partial charge in [0.05, 0.1) is 5.56 Å². The maximum atomic E-state index is 11.0. The molecule has 0 aliphatic rings. The Morgan fingerprint density at radius 2 is 1.62 bits per heavy atom. The van der Waals surface area contributed by atoms with Crippen LogP contribution in [0.25, 0.3) is 10.8 Å². The van der Waals surface area contributed by atoms with E-state index in [0.29, 0.717) is 5.56 Å². The maximum Gasteiger partial charge on any atom is 0.335 e. The lowest BCUT2D eigenvalue weighted by Crippen LogP contribution is -1.98. The number of hydrogen-bond acceptors (Lipinski definition) is 1. The molecular weight excluding hydrogens is 200 g/mol. The van der Waals surface area contributed by atoms with Gasteiger partial charge in [-0.3, -0.25) is 0 Å². The summed E-state index contributed by atoms with van der Waals surface area (Å²) < 4.78 is 0. The minimum absolute atomic E-state index is 0.360. The summed E-state index contributed by atoms with van der Waals surface area (Å²) in [6.45, 7) is 6.02. The second-order valence-electron chi connectivity index (χ2n) is 4.22. The highest BCUT2D eigenvalue weighted by atomic mass is 16.4. The first-order valence-corrected chi connectivity index (χ1v) is 5.24. The predicted octanol–water partition coefficient (Wildman–Crippen LogP) is 3.46. The second kappa shape index (κ2) is 3.63. The Morgan fingerprint density at radius 3 is 2.25 bits per heavy atom. The molecular formula is C14H14O2. The first-order chi connectivity index (χ1) is 7.50. The van der Waals surface area contributed by atoms with Crippen molar-refractivity contribution in [3.8, 4) is 0 Å². The number of carboxylic acids is 1. The van der Waals surface area contributed by atoms with Crippen LogP contribution in [0.1, 0.15) is 27.0 Å². The molecule has 0 fully saturated rings. The van der Waals surface area contributed by atoms with Gasteiger partial charge < -0.3 is 5.11 Å². The Labute approximate surface area is 94.5 Å². The van der Waals surface area contributed by atoms with E-state index in [9.17, 15) is 4.79 Å². The molecule has 0 amide bonds. The molecule has 0 bridgehead atoms. The van der Waals surface area contributed by atoms with Gasteiger partial charge in [-0.1, -0.05) is 12.1 Å². The van der Waals surface area contributed by atoms with Crippen LogP contribution < -0.4 is 0 Å².